The zero-order valence-electron chi connectivity index (χ0n) is 9.65. The number of hydrogen-bond donors (Lipinski definition) is 1. The first-order valence-corrected chi connectivity index (χ1v) is 6.15. The molecule has 1 aromatic carbocycles. The predicted molar refractivity (Wildman–Crippen MR) is 71.1 cm³/mol. The van der Waals surface area contributed by atoms with E-state index in [1.54, 1.807) is 0 Å². The number of nitrogens with one attached hydrogen (secondary N) is 1. The van der Waals surface area contributed by atoms with Gasteiger partial charge in [0.05, 0.1) is 5.52 Å². The highest BCUT2D eigenvalue weighted by Gasteiger charge is 2.09. The van der Waals surface area contributed by atoms with E-state index in [-0.39, 0.29) is 5.43 Å². The lowest BCUT2D eigenvalue weighted by molar-refractivity contribution is 1.02. The number of hydrogen-bond acceptors (Lipinski definition) is 1. The predicted octanol–water partition coefficient (Wildman–Crippen LogP) is 3.47. The van der Waals surface area contributed by atoms with Gasteiger partial charge >= 0.3 is 0 Å². The number of benzene rings is 1. The summed E-state index contributed by atoms with van der Waals surface area (Å²) in [6, 6.07) is 3.96. The third-order valence-electron chi connectivity index (χ3n) is 2.90. The Morgan fingerprint density at radius 2 is 2.00 bits per heavy atom. The van der Waals surface area contributed by atoms with Crippen LogP contribution in [-0.4, -0.2) is 4.98 Å². The molecule has 0 aliphatic carbocycles. The van der Waals surface area contributed by atoms with Gasteiger partial charge in [0.1, 0.15) is 0 Å². The smallest absolute Gasteiger partial charge is 0.192 e. The van der Waals surface area contributed by atoms with Gasteiger partial charge in [-0.1, -0.05) is 6.92 Å². The van der Waals surface area contributed by atoms with Crippen molar-refractivity contribution >= 4 is 26.8 Å². The lowest BCUT2D eigenvalue weighted by Gasteiger charge is -2.08. The van der Waals surface area contributed by atoms with Crippen LogP contribution in [-0.2, 0) is 6.42 Å². The molecule has 0 atom stereocenters. The second kappa shape index (κ2) is 4.06. The zero-order valence-corrected chi connectivity index (χ0v) is 11.2. The minimum absolute atomic E-state index is 0.134. The molecule has 16 heavy (non-hydrogen) atoms. The van der Waals surface area contributed by atoms with Crippen molar-refractivity contribution < 1.29 is 0 Å². The van der Waals surface area contributed by atoms with Crippen LogP contribution in [0.25, 0.3) is 10.9 Å². The number of rotatable bonds is 1. The van der Waals surface area contributed by atoms with Gasteiger partial charge in [0, 0.05) is 21.1 Å². The number of aromatic amines is 1. The van der Waals surface area contributed by atoms with Crippen molar-refractivity contribution in [2.24, 2.45) is 0 Å². The summed E-state index contributed by atoms with van der Waals surface area (Å²) >= 11 is 3.50. The second-order valence-corrected chi connectivity index (χ2v) is 4.93. The summed E-state index contributed by atoms with van der Waals surface area (Å²) in [6.45, 7) is 5.92. The summed E-state index contributed by atoms with van der Waals surface area (Å²) < 4.78 is 0.953. The third kappa shape index (κ3) is 1.69. The molecule has 0 amide bonds. The maximum absolute atomic E-state index is 12.2. The highest BCUT2D eigenvalue weighted by molar-refractivity contribution is 9.10. The lowest BCUT2D eigenvalue weighted by Crippen LogP contribution is -2.11. The molecule has 0 saturated carbocycles. The molecule has 1 heterocycles. The third-order valence-corrected chi connectivity index (χ3v) is 3.53. The SMILES string of the molecule is CCc1[nH]c2c(Br)cc(C)cc2c(=O)c1C. The fourth-order valence-electron chi connectivity index (χ4n) is 1.99. The van der Waals surface area contributed by atoms with E-state index in [1.165, 1.54) is 0 Å². The van der Waals surface area contributed by atoms with E-state index in [0.717, 1.165) is 38.6 Å². The van der Waals surface area contributed by atoms with E-state index < -0.39 is 0 Å². The molecule has 0 bridgehead atoms. The highest BCUT2D eigenvalue weighted by Crippen LogP contribution is 2.23. The van der Waals surface area contributed by atoms with Gasteiger partial charge in [-0.2, -0.15) is 0 Å². The molecule has 1 N–H and O–H groups in total. The normalized spacial score (nSPS) is 11.0. The lowest BCUT2D eigenvalue weighted by atomic mass is 10.1. The molecule has 84 valence electrons. The number of aromatic nitrogens is 1. The first-order valence-electron chi connectivity index (χ1n) is 5.36. The monoisotopic (exact) mass is 279 g/mol. The molecule has 0 spiro atoms. The topological polar surface area (TPSA) is 32.9 Å². The Morgan fingerprint density at radius 1 is 1.31 bits per heavy atom. The molecule has 0 unspecified atom stereocenters. The van der Waals surface area contributed by atoms with Crippen molar-refractivity contribution in [3.63, 3.8) is 0 Å². The number of halogens is 1. The summed E-state index contributed by atoms with van der Waals surface area (Å²) in [6.07, 6.45) is 0.845. The standard InChI is InChI=1S/C13H14BrNO/c1-4-11-8(3)13(16)9-5-7(2)6-10(14)12(9)15-11/h5-6H,4H2,1-3H3,(H,15,16). The van der Waals surface area contributed by atoms with E-state index in [0.29, 0.717) is 0 Å². The van der Waals surface area contributed by atoms with Crippen molar-refractivity contribution in [3.8, 4) is 0 Å². The van der Waals surface area contributed by atoms with Crippen LogP contribution in [0.15, 0.2) is 21.4 Å². The Kier molecular flexibility index (Phi) is 2.89. The Bertz CT molecular complexity index is 613. The maximum Gasteiger partial charge on any atom is 0.192 e. The van der Waals surface area contributed by atoms with Crippen LogP contribution in [0, 0.1) is 13.8 Å². The second-order valence-electron chi connectivity index (χ2n) is 4.08. The van der Waals surface area contributed by atoms with Gasteiger partial charge in [0.15, 0.2) is 5.43 Å². The van der Waals surface area contributed by atoms with Gasteiger partial charge in [-0.05, 0) is 53.9 Å². The van der Waals surface area contributed by atoms with Crippen molar-refractivity contribution in [3.05, 3.63) is 43.6 Å². The van der Waals surface area contributed by atoms with Crippen molar-refractivity contribution in [2.75, 3.05) is 0 Å². The average Bonchev–Trinajstić information content (AvgIpc) is 2.24. The molecule has 2 aromatic rings. The largest absolute Gasteiger partial charge is 0.357 e. The summed E-state index contributed by atoms with van der Waals surface area (Å²) in [7, 11) is 0. The van der Waals surface area contributed by atoms with Gasteiger partial charge in [-0.25, -0.2) is 0 Å². The number of H-pyrrole nitrogens is 1. The Hall–Kier alpha value is -1.09. The van der Waals surface area contributed by atoms with Gasteiger partial charge in [0.25, 0.3) is 0 Å². The maximum atomic E-state index is 12.2. The molecule has 2 rings (SSSR count). The van der Waals surface area contributed by atoms with E-state index in [9.17, 15) is 4.79 Å². The fourth-order valence-corrected chi connectivity index (χ4v) is 2.66. The van der Waals surface area contributed by atoms with Crippen LogP contribution in [0.1, 0.15) is 23.7 Å². The quantitative estimate of drug-likeness (QED) is 0.852. The van der Waals surface area contributed by atoms with Gasteiger partial charge < -0.3 is 4.98 Å². The van der Waals surface area contributed by atoms with Crippen molar-refractivity contribution in [1.82, 2.24) is 4.98 Å². The minimum atomic E-state index is 0.134. The van der Waals surface area contributed by atoms with Gasteiger partial charge in [-0.3, -0.25) is 4.79 Å². The van der Waals surface area contributed by atoms with Crippen LogP contribution in [0.4, 0.5) is 0 Å². The van der Waals surface area contributed by atoms with Gasteiger partial charge in [-0.15, -0.1) is 0 Å². The van der Waals surface area contributed by atoms with Crippen LogP contribution in [0.5, 0.6) is 0 Å². The molecule has 2 nitrogen and oxygen atoms in total. The van der Waals surface area contributed by atoms with Crippen LogP contribution in [0.3, 0.4) is 0 Å². The molecule has 3 heteroatoms. The molecular weight excluding hydrogens is 266 g/mol. The summed E-state index contributed by atoms with van der Waals surface area (Å²) in [5.41, 5.74) is 3.97. The highest BCUT2D eigenvalue weighted by atomic mass is 79.9. The fraction of sp³-hybridized carbons (Fsp3) is 0.308. The molecule has 0 aliphatic heterocycles. The number of fused-ring (bicyclic) bond motifs is 1. The molecule has 0 aliphatic rings. The first-order chi connectivity index (χ1) is 7.54. The average molecular weight is 280 g/mol. The minimum Gasteiger partial charge on any atom is -0.357 e. The summed E-state index contributed by atoms with van der Waals surface area (Å²) in [4.78, 5) is 15.5. The Balaban J connectivity index is 2.99. The van der Waals surface area contributed by atoms with E-state index in [4.69, 9.17) is 0 Å². The Labute approximate surface area is 103 Å². The first kappa shape index (κ1) is 11.4. The van der Waals surface area contributed by atoms with E-state index >= 15 is 0 Å². The zero-order chi connectivity index (χ0) is 11.9. The van der Waals surface area contributed by atoms with Crippen molar-refractivity contribution in [1.29, 1.82) is 0 Å². The number of pyridine rings is 1. The molecular formula is C13H14BrNO. The van der Waals surface area contributed by atoms with E-state index in [2.05, 4.69) is 20.9 Å². The number of aryl methyl sites for hydroxylation is 2. The molecule has 0 fully saturated rings. The van der Waals surface area contributed by atoms with Crippen LogP contribution in [0.2, 0.25) is 0 Å². The van der Waals surface area contributed by atoms with Crippen LogP contribution < -0.4 is 5.43 Å². The van der Waals surface area contributed by atoms with Gasteiger partial charge in [0.2, 0.25) is 0 Å². The molecule has 1 aromatic heterocycles. The molecule has 0 saturated heterocycles. The van der Waals surface area contributed by atoms with Crippen molar-refractivity contribution in [2.45, 2.75) is 27.2 Å². The van der Waals surface area contributed by atoms with E-state index in [1.807, 2.05) is 32.9 Å². The summed E-state index contributed by atoms with van der Waals surface area (Å²) in [5.74, 6) is 0. The molecule has 0 radical (unpaired) electrons. The summed E-state index contributed by atoms with van der Waals surface area (Å²) in [5, 5.41) is 0.765. The van der Waals surface area contributed by atoms with Crippen LogP contribution >= 0.6 is 15.9 Å². The Morgan fingerprint density at radius 3 is 2.62 bits per heavy atom.